The van der Waals surface area contributed by atoms with Gasteiger partial charge in [-0.3, -0.25) is 9.59 Å². The summed E-state index contributed by atoms with van der Waals surface area (Å²) in [6, 6.07) is -0.484. The van der Waals surface area contributed by atoms with Gasteiger partial charge in [-0.2, -0.15) is 0 Å². The molecule has 0 radical (unpaired) electrons. The van der Waals surface area contributed by atoms with Gasteiger partial charge in [-0.15, -0.1) is 0 Å². The quantitative estimate of drug-likeness (QED) is 0.639. The number of carboxylic acids is 1. The molecule has 2 amide bonds. The van der Waals surface area contributed by atoms with E-state index in [0.29, 0.717) is 6.61 Å². The molecule has 2 N–H and O–H groups in total. The van der Waals surface area contributed by atoms with E-state index in [2.05, 4.69) is 5.32 Å². The second-order valence-electron chi connectivity index (χ2n) is 4.22. The van der Waals surface area contributed by atoms with Gasteiger partial charge in [0.25, 0.3) is 0 Å². The number of hydrogen-bond donors (Lipinski definition) is 2. The Kier molecular flexibility index (Phi) is 8.32. The summed E-state index contributed by atoms with van der Waals surface area (Å²) in [4.78, 5) is 34.8. The Balaban J connectivity index is 4.11. The van der Waals surface area contributed by atoms with E-state index in [1.165, 1.54) is 4.90 Å². The summed E-state index contributed by atoms with van der Waals surface area (Å²) in [5.74, 6) is -1.32. The van der Waals surface area contributed by atoms with Gasteiger partial charge < -0.3 is 20.1 Å². The molecule has 0 rings (SSSR count). The maximum atomic E-state index is 11.8. The number of carbonyl (C=O) groups excluding carboxylic acids is 2. The Morgan fingerprint density at radius 3 is 2.37 bits per heavy atom. The maximum absolute atomic E-state index is 11.8. The van der Waals surface area contributed by atoms with E-state index in [-0.39, 0.29) is 44.0 Å². The first-order chi connectivity index (χ1) is 8.88. The van der Waals surface area contributed by atoms with Crippen LogP contribution >= 0.6 is 0 Å². The van der Waals surface area contributed by atoms with Gasteiger partial charge in [0.1, 0.15) is 0 Å². The molecule has 110 valence electrons. The first kappa shape index (κ1) is 17.2. The topological polar surface area (TPSA) is 95.9 Å². The number of esters is 1. The molecule has 7 nitrogen and oxygen atoms in total. The highest BCUT2D eigenvalue weighted by atomic mass is 16.5. The second kappa shape index (κ2) is 9.18. The minimum absolute atomic E-state index is 0.102. The molecule has 19 heavy (non-hydrogen) atoms. The summed E-state index contributed by atoms with van der Waals surface area (Å²) in [6.07, 6.45) is -0.00603. The number of aliphatic carboxylic acids is 1. The van der Waals surface area contributed by atoms with Crippen LogP contribution in [0.3, 0.4) is 0 Å². The van der Waals surface area contributed by atoms with Crippen molar-refractivity contribution in [1.82, 2.24) is 10.2 Å². The highest BCUT2D eigenvalue weighted by Crippen LogP contribution is 2.01. The molecule has 0 saturated carbocycles. The molecule has 0 aromatic heterocycles. The van der Waals surface area contributed by atoms with Crippen LogP contribution < -0.4 is 5.32 Å². The number of carbonyl (C=O) groups is 3. The number of rotatable bonds is 8. The van der Waals surface area contributed by atoms with E-state index >= 15 is 0 Å². The fourth-order valence-electron chi connectivity index (χ4n) is 1.42. The number of hydrogen-bond acceptors (Lipinski definition) is 4. The van der Waals surface area contributed by atoms with Gasteiger partial charge in [-0.05, 0) is 20.8 Å². The highest BCUT2D eigenvalue weighted by molar-refractivity contribution is 5.76. The Bertz CT molecular complexity index is 317. The Morgan fingerprint density at radius 1 is 1.26 bits per heavy atom. The van der Waals surface area contributed by atoms with E-state index in [9.17, 15) is 14.4 Å². The van der Waals surface area contributed by atoms with Gasteiger partial charge in [0.2, 0.25) is 0 Å². The third-order valence-electron chi connectivity index (χ3n) is 2.36. The predicted molar refractivity (Wildman–Crippen MR) is 68.7 cm³/mol. The number of urea groups is 1. The Morgan fingerprint density at radius 2 is 1.89 bits per heavy atom. The van der Waals surface area contributed by atoms with Crippen molar-refractivity contribution in [3.05, 3.63) is 0 Å². The second-order valence-corrected chi connectivity index (χ2v) is 4.22. The van der Waals surface area contributed by atoms with E-state index in [4.69, 9.17) is 9.84 Å². The van der Waals surface area contributed by atoms with Gasteiger partial charge in [0.15, 0.2) is 0 Å². The molecule has 0 aliphatic rings. The summed E-state index contributed by atoms with van der Waals surface area (Å²) in [6.45, 7) is 5.93. The molecule has 7 heteroatoms. The highest BCUT2D eigenvalue weighted by Gasteiger charge is 2.17. The zero-order chi connectivity index (χ0) is 14.8. The number of nitrogens with zero attached hydrogens (tertiary/aromatic N) is 1. The van der Waals surface area contributed by atoms with Crippen molar-refractivity contribution in [2.24, 2.45) is 0 Å². The Labute approximate surface area is 112 Å². The van der Waals surface area contributed by atoms with E-state index < -0.39 is 5.97 Å². The van der Waals surface area contributed by atoms with Crippen LogP contribution in [0, 0.1) is 0 Å². The van der Waals surface area contributed by atoms with E-state index in [0.717, 1.165) is 0 Å². The predicted octanol–water partition coefficient (Wildman–Crippen LogP) is 0.834. The summed E-state index contributed by atoms with van der Waals surface area (Å²) in [7, 11) is 0. The lowest BCUT2D eigenvalue weighted by atomic mass is 10.3. The van der Waals surface area contributed by atoms with Crippen LogP contribution in [-0.2, 0) is 14.3 Å². The van der Waals surface area contributed by atoms with Gasteiger partial charge in [0.05, 0.1) is 19.4 Å². The van der Waals surface area contributed by atoms with Crippen LogP contribution in [0.2, 0.25) is 0 Å². The summed E-state index contributed by atoms with van der Waals surface area (Å²) in [5.41, 5.74) is 0. The molecule has 0 fully saturated rings. The van der Waals surface area contributed by atoms with Crippen LogP contribution in [0.5, 0.6) is 0 Å². The monoisotopic (exact) mass is 274 g/mol. The van der Waals surface area contributed by atoms with Gasteiger partial charge in [-0.1, -0.05) is 0 Å². The SMILES string of the molecule is CCOC(=O)CCNC(=O)N(CCC(=O)O)C(C)C. The molecule has 0 atom stereocenters. The van der Waals surface area contributed by atoms with E-state index in [1.807, 2.05) is 0 Å². The smallest absolute Gasteiger partial charge is 0.317 e. The van der Waals surface area contributed by atoms with Crippen molar-refractivity contribution < 1.29 is 24.2 Å². The van der Waals surface area contributed by atoms with Gasteiger partial charge in [0, 0.05) is 19.1 Å². The molecule has 0 aliphatic heterocycles. The van der Waals surface area contributed by atoms with Crippen LogP contribution in [0.4, 0.5) is 4.79 Å². The molecule has 0 saturated heterocycles. The van der Waals surface area contributed by atoms with Gasteiger partial charge >= 0.3 is 18.0 Å². The van der Waals surface area contributed by atoms with Gasteiger partial charge in [-0.25, -0.2) is 4.79 Å². The van der Waals surface area contributed by atoms with Crippen LogP contribution in [-0.4, -0.2) is 53.7 Å². The molecule has 0 aliphatic carbocycles. The molecule has 0 aromatic rings. The largest absolute Gasteiger partial charge is 0.481 e. The van der Waals surface area contributed by atoms with Crippen molar-refractivity contribution in [3.8, 4) is 0 Å². The molecule has 0 bridgehead atoms. The van der Waals surface area contributed by atoms with Crippen molar-refractivity contribution in [3.63, 3.8) is 0 Å². The average molecular weight is 274 g/mol. The third kappa shape index (κ3) is 8.01. The lowest BCUT2D eigenvalue weighted by Gasteiger charge is -2.26. The van der Waals surface area contributed by atoms with Crippen molar-refractivity contribution >= 4 is 18.0 Å². The summed E-state index contributed by atoms with van der Waals surface area (Å²) < 4.78 is 4.73. The van der Waals surface area contributed by atoms with Crippen molar-refractivity contribution in [1.29, 1.82) is 0 Å². The van der Waals surface area contributed by atoms with Crippen LogP contribution in [0.1, 0.15) is 33.6 Å². The fourth-order valence-corrected chi connectivity index (χ4v) is 1.42. The maximum Gasteiger partial charge on any atom is 0.317 e. The first-order valence-corrected chi connectivity index (χ1v) is 6.30. The lowest BCUT2D eigenvalue weighted by molar-refractivity contribution is -0.143. The number of amides is 2. The molecule has 0 heterocycles. The fraction of sp³-hybridized carbons (Fsp3) is 0.750. The average Bonchev–Trinajstić information content (AvgIpc) is 2.28. The minimum Gasteiger partial charge on any atom is -0.481 e. The minimum atomic E-state index is -0.954. The lowest BCUT2D eigenvalue weighted by Crippen LogP contribution is -2.45. The molecule has 0 aromatic carbocycles. The zero-order valence-electron chi connectivity index (χ0n) is 11.6. The van der Waals surface area contributed by atoms with Crippen LogP contribution in [0.15, 0.2) is 0 Å². The molecule has 0 unspecified atom stereocenters. The van der Waals surface area contributed by atoms with Crippen molar-refractivity contribution in [2.45, 2.75) is 39.7 Å². The zero-order valence-corrected chi connectivity index (χ0v) is 11.6. The number of ether oxygens (including phenoxy) is 1. The molecular formula is C12H22N2O5. The summed E-state index contributed by atoms with van der Waals surface area (Å²) >= 11 is 0. The normalized spacial score (nSPS) is 10.1. The molecule has 0 spiro atoms. The molecular weight excluding hydrogens is 252 g/mol. The summed E-state index contributed by atoms with van der Waals surface area (Å²) in [5, 5.41) is 11.2. The van der Waals surface area contributed by atoms with Crippen LogP contribution in [0.25, 0.3) is 0 Å². The third-order valence-corrected chi connectivity index (χ3v) is 2.36. The Hall–Kier alpha value is -1.79. The number of nitrogens with one attached hydrogen (secondary N) is 1. The van der Waals surface area contributed by atoms with E-state index in [1.54, 1.807) is 20.8 Å². The van der Waals surface area contributed by atoms with Crippen molar-refractivity contribution in [2.75, 3.05) is 19.7 Å². The number of carboxylic acid groups (broad SMARTS) is 1. The first-order valence-electron chi connectivity index (χ1n) is 6.30. The standard InChI is InChI=1S/C12H22N2O5/c1-4-19-11(17)5-7-13-12(18)14(9(2)3)8-6-10(15)16/h9H,4-8H2,1-3H3,(H,13,18)(H,15,16).